The summed E-state index contributed by atoms with van der Waals surface area (Å²) in [6, 6.07) is 4.66. The maximum Gasteiger partial charge on any atom is 0.254 e. The Morgan fingerprint density at radius 1 is 1.44 bits per heavy atom. The van der Waals surface area contributed by atoms with Crippen LogP contribution in [0, 0.1) is 0 Å². The van der Waals surface area contributed by atoms with E-state index in [1.165, 1.54) is 26.3 Å². The van der Waals surface area contributed by atoms with Crippen molar-refractivity contribution in [2.45, 2.75) is 30.7 Å². The Kier molecular flexibility index (Phi) is 8.14. The van der Waals surface area contributed by atoms with Gasteiger partial charge in [0.05, 0.1) is 7.11 Å². The fourth-order valence-electron chi connectivity index (χ4n) is 2.89. The van der Waals surface area contributed by atoms with Crippen LogP contribution in [0.3, 0.4) is 0 Å². The van der Waals surface area contributed by atoms with Gasteiger partial charge < -0.3 is 15.0 Å². The fraction of sp³-hybridized carbons (Fsp3) is 0.562. The molecule has 1 unspecified atom stereocenters. The first-order valence-electron chi connectivity index (χ1n) is 8.07. The summed E-state index contributed by atoms with van der Waals surface area (Å²) in [5.41, 5.74) is 0.352. The molecule has 2 N–H and O–H groups in total. The number of hydrogen-bond donors (Lipinski definition) is 2. The van der Waals surface area contributed by atoms with Crippen molar-refractivity contribution in [1.29, 1.82) is 0 Å². The van der Waals surface area contributed by atoms with E-state index in [9.17, 15) is 13.2 Å². The van der Waals surface area contributed by atoms with E-state index in [1.807, 2.05) is 11.8 Å². The number of halogens is 1. The lowest BCUT2D eigenvalue weighted by atomic mass is 10.1. The summed E-state index contributed by atoms with van der Waals surface area (Å²) >= 11 is 0. The molecule has 1 aliphatic heterocycles. The number of nitrogens with zero attached hydrogens (tertiary/aromatic N) is 1. The second-order valence-electron chi connectivity index (χ2n) is 5.72. The van der Waals surface area contributed by atoms with Crippen LogP contribution in [0.25, 0.3) is 0 Å². The third kappa shape index (κ3) is 4.84. The average Bonchev–Trinajstić information content (AvgIpc) is 3.12. The third-order valence-corrected chi connectivity index (χ3v) is 5.60. The van der Waals surface area contributed by atoms with Crippen LogP contribution in [0.1, 0.15) is 30.1 Å². The molecule has 1 amide bonds. The lowest BCUT2D eigenvalue weighted by Crippen LogP contribution is -2.42. The number of rotatable bonds is 7. The van der Waals surface area contributed by atoms with Crippen LogP contribution in [-0.2, 0) is 10.0 Å². The molecule has 2 rings (SSSR count). The van der Waals surface area contributed by atoms with E-state index in [2.05, 4.69) is 10.0 Å². The van der Waals surface area contributed by atoms with Crippen LogP contribution in [0.2, 0.25) is 0 Å². The summed E-state index contributed by atoms with van der Waals surface area (Å²) in [6.45, 7) is 4.32. The molecule has 142 valence electrons. The molecule has 0 bridgehead atoms. The summed E-state index contributed by atoms with van der Waals surface area (Å²) in [5, 5.41) is 3.26. The lowest BCUT2D eigenvalue weighted by molar-refractivity contribution is 0.0692. The first-order valence-corrected chi connectivity index (χ1v) is 9.56. The Bertz CT molecular complexity index is 691. The minimum absolute atomic E-state index is 0. The number of carbonyl (C=O) groups excluding carboxylic acids is 1. The zero-order chi connectivity index (χ0) is 17.7. The monoisotopic (exact) mass is 391 g/mol. The Hall–Kier alpha value is -1.35. The zero-order valence-electron chi connectivity index (χ0n) is 14.7. The normalized spacial score (nSPS) is 17.0. The van der Waals surface area contributed by atoms with Gasteiger partial charge in [-0.25, -0.2) is 13.1 Å². The van der Waals surface area contributed by atoms with Crippen molar-refractivity contribution in [3.63, 3.8) is 0 Å². The van der Waals surface area contributed by atoms with Gasteiger partial charge in [-0.15, -0.1) is 12.4 Å². The molecular formula is C16H26ClN3O4S. The molecule has 1 saturated heterocycles. The van der Waals surface area contributed by atoms with Crippen molar-refractivity contribution < 1.29 is 17.9 Å². The van der Waals surface area contributed by atoms with E-state index in [0.29, 0.717) is 12.1 Å². The van der Waals surface area contributed by atoms with Crippen LogP contribution in [-0.4, -0.2) is 59.1 Å². The zero-order valence-corrected chi connectivity index (χ0v) is 16.4. The van der Waals surface area contributed by atoms with Gasteiger partial charge in [-0.2, -0.15) is 0 Å². The van der Waals surface area contributed by atoms with Crippen LogP contribution >= 0.6 is 12.4 Å². The number of hydrogen-bond acceptors (Lipinski definition) is 5. The van der Waals surface area contributed by atoms with Gasteiger partial charge in [0.2, 0.25) is 10.0 Å². The molecule has 0 saturated carbocycles. The predicted octanol–water partition coefficient (Wildman–Crippen LogP) is 1.24. The summed E-state index contributed by atoms with van der Waals surface area (Å²) in [5.74, 6) is 0.0613. The molecule has 9 heteroatoms. The van der Waals surface area contributed by atoms with Crippen molar-refractivity contribution in [2.75, 3.05) is 33.8 Å². The maximum absolute atomic E-state index is 12.9. The smallest absolute Gasteiger partial charge is 0.254 e. The quantitative estimate of drug-likeness (QED) is 0.730. The molecule has 1 aromatic carbocycles. The van der Waals surface area contributed by atoms with Gasteiger partial charge in [-0.05, 0) is 44.6 Å². The minimum Gasteiger partial charge on any atom is -0.495 e. The first-order chi connectivity index (χ1) is 11.4. The van der Waals surface area contributed by atoms with E-state index in [4.69, 9.17) is 4.74 Å². The molecule has 0 aliphatic carbocycles. The molecule has 25 heavy (non-hydrogen) atoms. The number of carbonyl (C=O) groups is 1. The van der Waals surface area contributed by atoms with Crippen LogP contribution in [0.4, 0.5) is 0 Å². The lowest BCUT2D eigenvalue weighted by Gasteiger charge is -2.28. The predicted molar refractivity (Wildman–Crippen MR) is 99.1 cm³/mol. The molecule has 0 spiro atoms. The van der Waals surface area contributed by atoms with Crippen molar-refractivity contribution in [2.24, 2.45) is 0 Å². The van der Waals surface area contributed by atoms with Crippen molar-refractivity contribution in [1.82, 2.24) is 14.9 Å². The Morgan fingerprint density at radius 2 is 2.16 bits per heavy atom. The fourth-order valence-corrected chi connectivity index (χ4v) is 3.81. The number of nitrogens with one attached hydrogen (secondary N) is 2. The van der Waals surface area contributed by atoms with Gasteiger partial charge in [0, 0.05) is 24.7 Å². The minimum atomic E-state index is -3.71. The standard InChI is InChI=1S/C16H25N3O4S.ClH/c1-4-9-19(13-7-8-18-11-13)16(20)12-5-6-14(23-3)15(10-12)24(21,22)17-2;/h5-6,10,13,17-18H,4,7-9,11H2,1-3H3;1H. The molecule has 1 fully saturated rings. The van der Waals surface area contributed by atoms with Gasteiger partial charge in [-0.3, -0.25) is 4.79 Å². The molecule has 1 atom stereocenters. The topological polar surface area (TPSA) is 87.7 Å². The number of ether oxygens (including phenoxy) is 1. The van der Waals surface area contributed by atoms with Gasteiger partial charge in [0.1, 0.15) is 10.6 Å². The van der Waals surface area contributed by atoms with E-state index >= 15 is 0 Å². The maximum atomic E-state index is 12.9. The van der Waals surface area contributed by atoms with E-state index in [0.717, 1.165) is 25.9 Å². The highest BCUT2D eigenvalue weighted by atomic mass is 35.5. The van der Waals surface area contributed by atoms with Crippen molar-refractivity contribution >= 4 is 28.3 Å². The number of sulfonamides is 1. The second-order valence-corrected chi connectivity index (χ2v) is 7.57. The third-order valence-electron chi connectivity index (χ3n) is 4.17. The molecule has 0 radical (unpaired) electrons. The number of amides is 1. The Labute approximate surface area is 155 Å². The Morgan fingerprint density at radius 3 is 2.68 bits per heavy atom. The van der Waals surface area contributed by atoms with Gasteiger partial charge in [-0.1, -0.05) is 6.92 Å². The number of methoxy groups -OCH3 is 1. The van der Waals surface area contributed by atoms with Crippen molar-refractivity contribution in [3.8, 4) is 5.75 Å². The molecule has 0 aromatic heterocycles. The van der Waals surface area contributed by atoms with Crippen LogP contribution in [0.5, 0.6) is 5.75 Å². The average molecular weight is 392 g/mol. The highest BCUT2D eigenvalue weighted by Crippen LogP contribution is 2.26. The van der Waals surface area contributed by atoms with E-state index in [-0.39, 0.29) is 35.0 Å². The second kappa shape index (κ2) is 9.38. The van der Waals surface area contributed by atoms with E-state index < -0.39 is 10.0 Å². The summed E-state index contributed by atoms with van der Waals surface area (Å²) < 4.78 is 31.7. The molecule has 1 aliphatic rings. The SMILES string of the molecule is CCCN(C(=O)c1ccc(OC)c(S(=O)(=O)NC)c1)C1CCNC1.Cl. The highest BCUT2D eigenvalue weighted by molar-refractivity contribution is 7.89. The molecule has 1 heterocycles. The van der Waals surface area contributed by atoms with Crippen LogP contribution in [0.15, 0.2) is 23.1 Å². The number of benzene rings is 1. The summed E-state index contributed by atoms with van der Waals surface area (Å²) in [7, 11) is -0.980. The summed E-state index contributed by atoms with van der Waals surface area (Å²) in [6.07, 6.45) is 1.75. The van der Waals surface area contributed by atoms with Gasteiger partial charge >= 0.3 is 0 Å². The van der Waals surface area contributed by atoms with Gasteiger partial charge in [0.25, 0.3) is 5.91 Å². The van der Waals surface area contributed by atoms with Crippen molar-refractivity contribution in [3.05, 3.63) is 23.8 Å². The molecule has 1 aromatic rings. The summed E-state index contributed by atoms with van der Waals surface area (Å²) in [4.78, 5) is 14.7. The van der Waals surface area contributed by atoms with E-state index in [1.54, 1.807) is 6.07 Å². The molecule has 7 nitrogen and oxygen atoms in total. The Balaban J connectivity index is 0.00000312. The van der Waals surface area contributed by atoms with Gasteiger partial charge in [0.15, 0.2) is 0 Å². The van der Waals surface area contributed by atoms with Crippen LogP contribution < -0.4 is 14.8 Å². The first kappa shape index (κ1) is 21.7. The largest absolute Gasteiger partial charge is 0.495 e. The highest BCUT2D eigenvalue weighted by Gasteiger charge is 2.28. The molecular weight excluding hydrogens is 366 g/mol.